The summed E-state index contributed by atoms with van der Waals surface area (Å²) < 4.78 is 2.33. The number of hydrogen-bond donors (Lipinski definition) is 0. The second-order valence-electron chi connectivity index (χ2n) is 11.3. The number of benzene rings is 1. The summed E-state index contributed by atoms with van der Waals surface area (Å²) in [6.07, 6.45) is 7.00. The standard InChI is InChI=1S/C33H43N5O2S2/c1-5-8-12-25(7-3)23-38-32(40)29(42-33(38)41)20-27-24(4)28(21-34)31(39)37(15-6-2)30(27)36-18-16-35(17-19-36)22-26-13-10-9-11-14-26/h9-11,13-14,20,25H,5-8,12,15-19,22-23H2,1-4H3. The second-order valence-corrected chi connectivity index (χ2v) is 12.9. The number of hydrogen-bond acceptors (Lipinski definition) is 7. The van der Waals surface area contributed by atoms with Crippen molar-refractivity contribution >= 4 is 46.1 Å². The highest BCUT2D eigenvalue weighted by molar-refractivity contribution is 8.26. The van der Waals surface area contributed by atoms with Crippen LogP contribution in [0.4, 0.5) is 5.82 Å². The van der Waals surface area contributed by atoms with Crippen molar-refractivity contribution in [2.45, 2.75) is 72.9 Å². The number of rotatable bonds is 12. The molecule has 2 aromatic rings. The van der Waals surface area contributed by atoms with Gasteiger partial charge in [0, 0.05) is 51.4 Å². The highest BCUT2D eigenvalue weighted by Gasteiger charge is 2.34. The smallest absolute Gasteiger partial charge is 0.270 e. The molecule has 7 nitrogen and oxygen atoms in total. The van der Waals surface area contributed by atoms with Gasteiger partial charge in [0.25, 0.3) is 11.5 Å². The Morgan fingerprint density at radius 2 is 1.79 bits per heavy atom. The Hall–Kier alpha value is -2.93. The van der Waals surface area contributed by atoms with E-state index in [0.29, 0.717) is 33.8 Å². The molecule has 9 heteroatoms. The van der Waals surface area contributed by atoms with Crippen LogP contribution in [0.25, 0.3) is 6.08 Å². The van der Waals surface area contributed by atoms with E-state index >= 15 is 0 Å². The van der Waals surface area contributed by atoms with E-state index in [1.165, 1.54) is 17.3 Å². The molecule has 0 bridgehead atoms. The van der Waals surface area contributed by atoms with Crippen molar-refractivity contribution in [2.75, 3.05) is 37.6 Å². The quantitative estimate of drug-likeness (QED) is 0.211. The van der Waals surface area contributed by atoms with E-state index in [1.54, 1.807) is 9.47 Å². The number of anilines is 1. The van der Waals surface area contributed by atoms with Gasteiger partial charge in [-0.15, -0.1) is 0 Å². The number of nitrogens with zero attached hydrogens (tertiary/aromatic N) is 5. The first kappa shape index (κ1) is 32.0. The molecule has 0 aliphatic carbocycles. The molecule has 3 heterocycles. The normalized spacial score (nSPS) is 17.7. The Morgan fingerprint density at radius 1 is 1.07 bits per heavy atom. The number of nitriles is 1. The van der Waals surface area contributed by atoms with Gasteiger partial charge in [-0.25, -0.2) is 0 Å². The van der Waals surface area contributed by atoms with Gasteiger partial charge in [0.2, 0.25) is 0 Å². The number of thioether (sulfide) groups is 1. The third-order valence-corrected chi connectivity index (χ3v) is 9.73. The third kappa shape index (κ3) is 7.16. The summed E-state index contributed by atoms with van der Waals surface area (Å²) >= 11 is 7.02. The highest BCUT2D eigenvalue weighted by atomic mass is 32.2. The van der Waals surface area contributed by atoms with Gasteiger partial charge in [-0.3, -0.25) is 24.0 Å². The Balaban J connectivity index is 1.68. The first-order valence-corrected chi connectivity index (χ1v) is 16.5. The molecule has 2 aliphatic heterocycles. The SMILES string of the molecule is CCCCC(CC)CN1C(=O)C(=Cc2c(C)c(C#N)c(=O)n(CCC)c2N2CCN(Cc3ccccc3)CC2)SC1=S. The first-order chi connectivity index (χ1) is 20.3. The molecule has 42 heavy (non-hydrogen) atoms. The molecule has 2 saturated heterocycles. The summed E-state index contributed by atoms with van der Waals surface area (Å²) in [5.74, 6) is 1.13. The molecule has 0 N–H and O–H groups in total. The average molecular weight is 606 g/mol. The minimum Gasteiger partial charge on any atom is -0.355 e. The van der Waals surface area contributed by atoms with Crippen molar-refractivity contribution < 1.29 is 4.79 Å². The minimum absolute atomic E-state index is 0.0790. The van der Waals surface area contributed by atoms with E-state index in [1.807, 2.05) is 26.0 Å². The van der Waals surface area contributed by atoms with E-state index in [4.69, 9.17) is 12.2 Å². The van der Waals surface area contributed by atoms with E-state index in [-0.39, 0.29) is 17.0 Å². The predicted octanol–water partition coefficient (Wildman–Crippen LogP) is 6.18. The third-order valence-electron chi connectivity index (χ3n) is 8.35. The zero-order valence-electron chi connectivity index (χ0n) is 25.4. The van der Waals surface area contributed by atoms with Crippen molar-refractivity contribution in [2.24, 2.45) is 5.92 Å². The van der Waals surface area contributed by atoms with Crippen LogP contribution in [0.2, 0.25) is 0 Å². The Morgan fingerprint density at radius 3 is 2.40 bits per heavy atom. The largest absolute Gasteiger partial charge is 0.355 e. The summed E-state index contributed by atoms with van der Waals surface area (Å²) in [6, 6.07) is 12.6. The fraction of sp³-hybridized carbons (Fsp3) is 0.515. The number of unbranched alkanes of at least 4 members (excludes halogenated alkanes) is 1. The van der Waals surface area contributed by atoms with Gasteiger partial charge in [-0.05, 0) is 42.9 Å². The van der Waals surface area contributed by atoms with Gasteiger partial charge in [0.05, 0.1) is 4.91 Å². The number of aromatic nitrogens is 1. The molecule has 2 fully saturated rings. The van der Waals surface area contributed by atoms with Crippen LogP contribution in [0.15, 0.2) is 40.0 Å². The lowest BCUT2D eigenvalue weighted by atomic mass is 9.99. The Kier molecular flexibility index (Phi) is 11.4. The lowest BCUT2D eigenvalue weighted by Gasteiger charge is -2.38. The van der Waals surface area contributed by atoms with Gasteiger partial charge >= 0.3 is 0 Å². The molecule has 4 rings (SSSR count). The molecule has 224 valence electrons. The Labute approximate surface area is 260 Å². The van der Waals surface area contributed by atoms with Crippen molar-refractivity contribution in [3.63, 3.8) is 0 Å². The van der Waals surface area contributed by atoms with Crippen LogP contribution in [-0.4, -0.2) is 57.3 Å². The number of thiocarbonyl (C=S) groups is 1. The number of pyridine rings is 1. The summed E-state index contributed by atoms with van der Waals surface area (Å²) in [6.45, 7) is 13.4. The number of carbonyl (C=O) groups excluding carboxylic acids is 1. The van der Waals surface area contributed by atoms with E-state index in [2.05, 4.69) is 54.0 Å². The highest BCUT2D eigenvalue weighted by Crippen LogP contribution is 2.37. The molecule has 2 aliphatic rings. The Bertz CT molecular complexity index is 1400. The molecule has 1 unspecified atom stereocenters. The van der Waals surface area contributed by atoms with Crippen LogP contribution in [0, 0.1) is 24.2 Å². The van der Waals surface area contributed by atoms with Gasteiger partial charge < -0.3 is 4.90 Å². The molecule has 0 radical (unpaired) electrons. The van der Waals surface area contributed by atoms with Gasteiger partial charge in [-0.1, -0.05) is 94.3 Å². The van der Waals surface area contributed by atoms with Crippen LogP contribution in [0.5, 0.6) is 0 Å². The van der Waals surface area contributed by atoms with Crippen LogP contribution in [-0.2, 0) is 17.9 Å². The summed E-state index contributed by atoms with van der Waals surface area (Å²) in [4.78, 5) is 34.2. The number of carbonyl (C=O) groups is 1. The van der Waals surface area contributed by atoms with Crippen molar-refractivity contribution in [3.8, 4) is 6.07 Å². The molecule has 0 spiro atoms. The van der Waals surface area contributed by atoms with Crippen molar-refractivity contribution in [1.82, 2.24) is 14.4 Å². The summed E-state index contributed by atoms with van der Waals surface area (Å²) in [7, 11) is 0. The zero-order chi connectivity index (χ0) is 30.2. The molecule has 0 saturated carbocycles. The van der Waals surface area contributed by atoms with Crippen molar-refractivity contribution in [1.29, 1.82) is 5.26 Å². The second kappa shape index (κ2) is 15.0. The van der Waals surface area contributed by atoms with Crippen LogP contribution in [0.3, 0.4) is 0 Å². The van der Waals surface area contributed by atoms with E-state index in [0.717, 1.165) is 76.2 Å². The maximum atomic E-state index is 13.7. The van der Waals surface area contributed by atoms with Crippen LogP contribution < -0.4 is 10.5 Å². The molecule has 1 aromatic heterocycles. The molecule has 1 aromatic carbocycles. The summed E-state index contributed by atoms with van der Waals surface area (Å²) in [5.41, 5.74) is 2.56. The van der Waals surface area contributed by atoms with Crippen LogP contribution in [0.1, 0.15) is 75.1 Å². The molecule has 1 atom stereocenters. The molecular weight excluding hydrogens is 563 g/mol. The number of piperazine rings is 1. The predicted molar refractivity (Wildman–Crippen MR) is 178 cm³/mol. The monoisotopic (exact) mass is 605 g/mol. The van der Waals surface area contributed by atoms with Gasteiger partial charge in [-0.2, -0.15) is 5.26 Å². The number of amides is 1. The minimum atomic E-state index is -0.259. The first-order valence-electron chi connectivity index (χ1n) is 15.3. The van der Waals surface area contributed by atoms with Gasteiger partial charge in [0.1, 0.15) is 21.8 Å². The maximum absolute atomic E-state index is 13.7. The van der Waals surface area contributed by atoms with E-state index < -0.39 is 0 Å². The van der Waals surface area contributed by atoms with Gasteiger partial charge in [0.15, 0.2) is 0 Å². The van der Waals surface area contributed by atoms with Crippen LogP contribution >= 0.6 is 24.0 Å². The molecule has 1 amide bonds. The maximum Gasteiger partial charge on any atom is 0.270 e. The van der Waals surface area contributed by atoms with E-state index in [9.17, 15) is 14.9 Å². The zero-order valence-corrected chi connectivity index (χ0v) is 27.0. The lowest BCUT2D eigenvalue weighted by molar-refractivity contribution is -0.122. The average Bonchev–Trinajstić information content (AvgIpc) is 3.26. The molecular formula is C33H43N5O2S2. The lowest BCUT2D eigenvalue weighted by Crippen LogP contribution is -2.48. The topological polar surface area (TPSA) is 72.6 Å². The fourth-order valence-electron chi connectivity index (χ4n) is 5.84. The fourth-order valence-corrected chi connectivity index (χ4v) is 7.10. The van der Waals surface area contributed by atoms with Crippen molar-refractivity contribution in [3.05, 3.63) is 67.8 Å². The summed E-state index contributed by atoms with van der Waals surface area (Å²) in [5, 5.41) is 9.98.